The van der Waals surface area contributed by atoms with Crippen molar-refractivity contribution in [1.82, 2.24) is 16.0 Å². The largest absolute Gasteiger partial charge is 0.359 e. The minimum atomic E-state index is -0.210. The molecular weight excluding hydrogens is 198 g/mol. The second-order valence-electron chi connectivity index (χ2n) is 3.18. The van der Waals surface area contributed by atoms with E-state index >= 15 is 0 Å². The molecule has 0 fully saturated rings. The van der Waals surface area contributed by atoms with E-state index in [9.17, 15) is 14.4 Å². The molecule has 15 heavy (non-hydrogen) atoms. The van der Waals surface area contributed by atoms with E-state index in [1.54, 1.807) is 0 Å². The summed E-state index contributed by atoms with van der Waals surface area (Å²) in [5, 5.41) is 7.53. The van der Waals surface area contributed by atoms with E-state index in [-0.39, 0.29) is 18.5 Å². The van der Waals surface area contributed by atoms with Crippen LogP contribution in [0.25, 0.3) is 0 Å². The molecule has 0 unspecified atom stereocenters. The van der Waals surface area contributed by atoms with Gasteiger partial charge in [0, 0.05) is 12.6 Å². The Labute approximate surface area is 88.8 Å². The number of rotatable bonds is 9. The first kappa shape index (κ1) is 13.4. The van der Waals surface area contributed by atoms with Gasteiger partial charge >= 0.3 is 0 Å². The van der Waals surface area contributed by atoms with Gasteiger partial charge in [-0.3, -0.25) is 14.4 Å². The zero-order valence-corrected chi connectivity index (χ0v) is 8.79. The number of amides is 3. The quantitative estimate of drug-likeness (QED) is 0.332. The third-order valence-corrected chi connectivity index (χ3v) is 1.79. The van der Waals surface area contributed by atoms with Crippen molar-refractivity contribution in [1.29, 1.82) is 0 Å². The summed E-state index contributed by atoms with van der Waals surface area (Å²) in [7, 11) is 0. The van der Waals surface area contributed by atoms with Crippen molar-refractivity contribution in [3.63, 3.8) is 0 Å². The fraction of sp³-hybridized carbons (Fsp3) is 0.667. The van der Waals surface area contributed by atoms with Crippen LogP contribution >= 0.6 is 0 Å². The van der Waals surface area contributed by atoms with E-state index in [0.29, 0.717) is 19.4 Å². The normalized spacial score (nSPS) is 11.3. The molecule has 0 aromatic heterocycles. The maximum Gasteiger partial charge on any atom is 0.239 e. The minimum Gasteiger partial charge on any atom is -0.359 e. The molecular formula is C9H17N3O3. The molecule has 86 valence electrons. The highest BCUT2D eigenvalue weighted by molar-refractivity contribution is 5.79. The maximum absolute atomic E-state index is 11.1. The van der Waals surface area contributed by atoms with Crippen molar-refractivity contribution in [3.05, 3.63) is 0 Å². The van der Waals surface area contributed by atoms with Gasteiger partial charge in [0.25, 0.3) is 0 Å². The van der Waals surface area contributed by atoms with Crippen molar-refractivity contribution in [2.75, 3.05) is 13.1 Å². The Morgan fingerprint density at radius 1 is 1.27 bits per heavy atom. The smallest absolute Gasteiger partial charge is 0.239 e. The molecule has 0 heterocycles. The van der Waals surface area contributed by atoms with Crippen molar-refractivity contribution >= 4 is 18.7 Å². The summed E-state index contributed by atoms with van der Waals surface area (Å²) in [5.41, 5.74) is 0. The number of carbonyl (C=O) groups is 3. The molecule has 0 rings (SSSR count). The first-order valence-corrected chi connectivity index (χ1v) is 4.84. The van der Waals surface area contributed by atoms with Crippen LogP contribution in [0.4, 0.5) is 0 Å². The standard InChI is InChI=1S/C9H17N3O3/c1-8(3-2-4-10-6-13)12-9(15)5-11-7-14/h6-8H,2-5H2,1H3,(H,10,13)(H,11,14)(H,12,15)/t8-/m1/s1. The highest BCUT2D eigenvalue weighted by atomic mass is 16.2. The molecule has 0 saturated carbocycles. The first-order valence-electron chi connectivity index (χ1n) is 4.84. The van der Waals surface area contributed by atoms with E-state index in [0.717, 1.165) is 12.8 Å². The van der Waals surface area contributed by atoms with Gasteiger partial charge < -0.3 is 16.0 Å². The van der Waals surface area contributed by atoms with Crippen LogP contribution in [0, 0.1) is 0 Å². The average Bonchev–Trinajstić information content (AvgIpc) is 2.21. The highest BCUT2D eigenvalue weighted by Gasteiger charge is 2.05. The Bertz CT molecular complexity index is 209. The van der Waals surface area contributed by atoms with Crippen molar-refractivity contribution in [2.24, 2.45) is 0 Å². The van der Waals surface area contributed by atoms with Crippen LogP contribution in [0.5, 0.6) is 0 Å². The molecule has 6 nitrogen and oxygen atoms in total. The van der Waals surface area contributed by atoms with Crippen LogP contribution in [-0.2, 0) is 14.4 Å². The fourth-order valence-electron chi connectivity index (χ4n) is 1.10. The molecule has 0 saturated heterocycles. The van der Waals surface area contributed by atoms with Crippen molar-refractivity contribution in [3.8, 4) is 0 Å². The number of carbonyl (C=O) groups excluding carboxylic acids is 3. The van der Waals surface area contributed by atoms with Gasteiger partial charge in [-0.2, -0.15) is 0 Å². The summed E-state index contributed by atoms with van der Waals surface area (Å²) in [6.45, 7) is 2.48. The Balaban J connectivity index is 3.45. The van der Waals surface area contributed by atoms with Gasteiger partial charge in [-0.15, -0.1) is 0 Å². The highest BCUT2D eigenvalue weighted by Crippen LogP contribution is 1.94. The summed E-state index contributed by atoms with van der Waals surface area (Å²) in [4.78, 5) is 30.9. The van der Waals surface area contributed by atoms with Gasteiger partial charge in [0.2, 0.25) is 18.7 Å². The predicted molar refractivity (Wildman–Crippen MR) is 55.0 cm³/mol. The van der Waals surface area contributed by atoms with Gasteiger partial charge in [0.1, 0.15) is 0 Å². The predicted octanol–water partition coefficient (Wildman–Crippen LogP) is -1.24. The van der Waals surface area contributed by atoms with E-state index in [2.05, 4.69) is 16.0 Å². The Kier molecular flexibility index (Phi) is 8.03. The fourth-order valence-corrected chi connectivity index (χ4v) is 1.10. The van der Waals surface area contributed by atoms with Crippen LogP contribution in [0.15, 0.2) is 0 Å². The zero-order chi connectivity index (χ0) is 11.5. The molecule has 0 aliphatic heterocycles. The van der Waals surface area contributed by atoms with Crippen LogP contribution in [0.1, 0.15) is 19.8 Å². The van der Waals surface area contributed by atoms with E-state index in [4.69, 9.17) is 0 Å². The summed E-state index contributed by atoms with van der Waals surface area (Å²) in [6, 6.07) is 0.0411. The molecule has 6 heteroatoms. The third-order valence-electron chi connectivity index (χ3n) is 1.79. The SMILES string of the molecule is C[C@H](CCCNC=O)NC(=O)CNC=O. The monoisotopic (exact) mass is 215 g/mol. The van der Waals surface area contributed by atoms with Gasteiger partial charge in [0.05, 0.1) is 6.54 Å². The Morgan fingerprint density at radius 3 is 2.53 bits per heavy atom. The van der Waals surface area contributed by atoms with Crippen molar-refractivity contribution in [2.45, 2.75) is 25.8 Å². The van der Waals surface area contributed by atoms with Gasteiger partial charge in [-0.05, 0) is 19.8 Å². The number of hydrogen-bond acceptors (Lipinski definition) is 3. The lowest BCUT2D eigenvalue weighted by atomic mass is 10.2. The average molecular weight is 215 g/mol. The van der Waals surface area contributed by atoms with Gasteiger partial charge in [0.15, 0.2) is 0 Å². The third kappa shape index (κ3) is 8.73. The van der Waals surface area contributed by atoms with E-state index < -0.39 is 0 Å². The van der Waals surface area contributed by atoms with E-state index in [1.165, 1.54) is 0 Å². The maximum atomic E-state index is 11.1. The summed E-state index contributed by atoms with van der Waals surface area (Å²) < 4.78 is 0. The van der Waals surface area contributed by atoms with Gasteiger partial charge in [-0.1, -0.05) is 0 Å². The molecule has 0 radical (unpaired) electrons. The lowest BCUT2D eigenvalue weighted by Crippen LogP contribution is -2.38. The second-order valence-corrected chi connectivity index (χ2v) is 3.18. The molecule has 0 bridgehead atoms. The zero-order valence-electron chi connectivity index (χ0n) is 8.79. The lowest BCUT2D eigenvalue weighted by molar-refractivity contribution is -0.122. The van der Waals surface area contributed by atoms with Crippen LogP contribution in [0.2, 0.25) is 0 Å². The molecule has 3 N–H and O–H groups in total. The second kappa shape index (κ2) is 8.98. The topological polar surface area (TPSA) is 87.3 Å². The lowest BCUT2D eigenvalue weighted by Gasteiger charge is -2.13. The Morgan fingerprint density at radius 2 is 1.93 bits per heavy atom. The molecule has 1 atom stereocenters. The molecule has 0 aromatic carbocycles. The summed E-state index contributed by atoms with van der Waals surface area (Å²) >= 11 is 0. The molecule has 0 aliphatic carbocycles. The molecule has 0 spiro atoms. The van der Waals surface area contributed by atoms with Crippen LogP contribution in [-0.4, -0.2) is 37.9 Å². The summed E-state index contributed by atoms with van der Waals surface area (Å²) in [6.07, 6.45) is 2.73. The van der Waals surface area contributed by atoms with Crippen LogP contribution < -0.4 is 16.0 Å². The minimum absolute atomic E-state index is 0.000424. The Hall–Kier alpha value is -1.59. The van der Waals surface area contributed by atoms with Crippen molar-refractivity contribution < 1.29 is 14.4 Å². The number of nitrogens with one attached hydrogen (secondary N) is 3. The molecule has 3 amide bonds. The first-order chi connectivity index (χ1) is 7.20. The van der Waals surface area contributed by atoms with E-state index in [1.807, 2.05) is 6.92 Å². The number of hydrogen-bond donors (Lipinski definition) is 3. The molecule has 0 aromatic rings. The van der Waals surface area contributed by atoms with Crippen LogP contribution in [0.3, 0.4) is 0 Å². The van der Waals surface area contributed by atoms with Gasteiger partial charge in [-0.25, -0.2) is 0 Å². The molecule has 0 aliphatic rings. The summed E-state index contributed by atoms with van der Waals surface area (Å²) in [5.74, 6) is -0.210.